The maximum atomic E-state index is 12.8. The summed E-state index contributed by atoms with van der Waals surface area (Å²) < 4.78 is 15.8. The highest BCUT2D eigenvalue weighted by atomic mass is 16.6. The molecule has 0 spiro atoms. The van der Waals surface area contributed by atoms with Crippen LogP contribution in [0, 0.1) is 5.92 Å². The second kappa shape index (κ2) is 13.1. The van der Waals surface area contributed by atoms with Crippen LogP contribution in [0.5, 0.6) is 0 Å². The van der Waals surface area contributed by atoms with E-state index in [-0.39, 0.29) is 30.9 Å². The van der Waals surface area contributed by atoms with Gasteiger partial charge in [0.2, 0.25) is 5.91 Å². The zero-order chi connectivity index (χ0) is 24.3. The Morgan fingerprint density at radius 1 is 1.09 bits per heavy atom. The third kappa shape index (κ3) is 10.1. The summed E-state index contributed by atoms with van der Waals surface area (Å²) in [7, 11) is 2.84. The van der Waals surface area contributed by atoms with Crippen molar-refractivity contribution in [1.29, 1.82) is 0 Å². The molecular weight excluding hydrogens is 412 g/mol. The molecule has 2 atom stereocenters. The van der Waals surface area contributed by atoms with Crippen LogP contribution in [-0.4, -0.2) is 61.3 Å². The van der Waals surface area contributed by atoms with Crippen molar-refractivity contribution in [3.8, 4) is 0 Å². The number of amides is 2. The molecule has 1 N–H and O–H groups in total. The molecule has 0 heterocycles. The van der Waals surface area contributed by atoms with E-state index in [0.717, 1.165) is 5.56 Å². The van der Waals surface area contributed by atoms with Gasteiger partial charge in [-0.05, 0) is 38.7 Å². The average Bonchev–Trinajstić information content (AvgIpc) is 2.72. The van der Waals surface area contributed by atoms with Gasteiger partial charge in [-0.1, -0.05) is 44.2 Å². The van der Waals surface area contributed by atoms with Crippen molar-refractivity contribution in [2.24, 2.45) is 5.92 Å². The molecule has 8 nitrogen and oxygen atoms in total. The number of ether oxygens (including phenoxy) is 3. The topological polar surface area (TPSA) is 94.2 Å². The summed E-state index contributed by atoms with van der Waals surface area (Å²) in [5.41, 5.74) is 0.368. The molecule has 1 unspecified atom stereocenters. The number of carbonyl (C=O) groups excluding carboxylic acids is 3. The van der Waals surface area contributed by atoms with Crippen molar-refractivity contribution >= 4 is 18.0 Å². The van der Waals surface area contributed by atoms with E-state index in [0.29, 0.717) is 13.0 Å². The van der Waals surface area contributed by atoms with Crippen molar-refractivity contribution in [2.45, 2.75) is 71.8 Å². The molecule has 180 valence electrons. The van der Waals surface area contributed by atoms with Crippen LogP contribution in [0.1, 0.15) is 53.0 Å². The normalized spacial score (nSPS) is 13.2. The fourth-order valence-corrected chi connectivity index (χ4v) is 3.00. The van der Waals surface area contributed by atoms with Crippen LogP contribution in [0.3, 0.4) is 0 Å². The van der Waals surface area contributed by atoms with Crippen LogP contribution < -0.4 is 5.32 Å². The molecule has 0 aliphatic carbocycles. The van der Waals surface area contributed by atoms with Gasteiger partial charge in [0.15, 0.2) is 6.04 Å². The molecule has 1 rings (SSSR count). The minimum absolute atomic E-state index is 0.0214. The van der Waals surface area contributed by atoms with Gasteiger partial charge in [-0.25, -0.2) is 9.59 Å². The smallest absolute Gasteiger partial charge is 0.407 e. The first-order chi connectivity index (χ1) is 14.9. The van der Waals surface area contributed by atoms with E-state index < -0.39 is 23.7 Å². The van der Waals surface area contributed by atoms with E-state index in [4.69, 9.17) is 14.2 Å². The van der Waals surface area contributed by atoms with Gasteiger partial charge in [0.25, 0.3) is 0 Å². The lowest BCUT2D eigenvalue weighted by Gasteiger charge is -2.28. The molecule has 0 saturated carbocycles. The Morgan fingerprint density at radius 3 is 2.25 bits per heavy atom. The molecule has 0 aliphatic heterocycles. The quantitative estimate of drug-likeness (QED) is 0.518. The zero-order valence-corrected chi connectivity index (χ0v) is 20.3. The number of nitrogens with one attached hydrogen (secondary N) is 1. The first-order valence-corrected chi connectivity index (χ1v) is 10.9. The van der Waals surface area contributed by atoms with Gasteiger partial charge < -0.3 is 24.4 Å². The molecule has 1 aromatic carbocycles. The number of alkyl carbamates (subject to hydrolysis) is 1. The standard InChI is InChI=1S/C24H38N2O6/c1-17(2)19(25-23(29)32-24(3,4)5)13-14-21(27)26(6)20(22(28)30-7)16-31-15-18-11-9-8-10-12-18/h8-12,17,19-20H,13-16H2,1-7H3,(H,25,29)/t19-,20?/m0/s1. The first kappa shape index (κ1) is 27.4. The maximum absolute atomic E-state index is 12.8. The number of rotatable bonds is 11. The predicted molar refractivity (Wildman–Crippen MR) is 122 cm³/mol. The monoisotopic (exact) mass is 450 g/mol. The number of carbonyl (C=O) groups is 3. The summed E-state index contributed by atoms with van der Waals surface area (Å²) in [5, 5.41) is 2.83. The van der Waals surface area contributed by atoms with Gasteiger partial charge in [-0.3, -0.25) is 4.79 Å². The summed E-state index contributed by atoms with van der Waals surface area (Å²) in [4.78, 5) is 38.5. The van der Waals surface area contributed by atoms with Crippen LogP contribution in [0.15, 0.2) is 30.3 Å². The highest BCUT2D eigenvalue weighted by Gasteiger charge is 2.29. The van der Waals surface area contributed by atoms with Crippen molar-refractivity contribution in [1.82, 2.24) is 10.2 Å². The third-order valence-corrected chi connectivity index (χ3v) is 4.90. The molecule has 8 heteroatoms. The fourth-order valence-electron chi connectivity index (χ4n) is 3.00. The number of hydrogen-bond donors (Lipinski definition) is 1. The van der Waals surface area contributed by atoms with Crippen molar-refractivity contribution in [3.05, 3.63) is 35.9 Å². The lowest BCUT2D eigenvalue weighted by Crippen LogP contribution is -2.47. The Kier molecular flexibility index (Phi) is 11.2. The molecule has 32 heavy (non-hydrogen) atoms. The van der Waals surface area contributed by atoms with Gasteiger partial charge in [-0.15, -0.1) is 0 Å². The van der Waals surface area contributed by atoms with E-state index in [1.54, 1.807) is 27.8 Å². The number of likely N-dealkylation sites (N-methyl/N-ethyl adjacent to an activating group) is 1. The van der Waals surface area contributed by atoms with E-state index in [1.807, 2.05) is 44.2 Å². The Bertz CT molecular complexity index is 730. The molecule has 0 saturated heterocycles. The van der Waals surface area contributed by atoms with Crippen LogP contribution in [0.2, 0.25) is 0 Å². The van der Waals surface area contributed by atoms with E-state index in [2.05, 4.69) is 5.32 Å². The highest BCUT2D eigenvalue weighted by molar-refractivity contribution is 5.84. The van der Waals surface area contributed by atoms with E-state index in [9.17, 15) is 14.4 Å². The van der Waals surface area contributed by atoms with Crippen molar-refractivity contribution < 1.29 is 28.6 Å². The molecule has 0 aromatic heterocycles. The summed E-state index contributed by atoms with van der Waals surface area (Å²) in [5.74, 6) is -0.673. The number of hydrogen-bond acceptors (Lipinski definition) is 6. The number of nitrogens with zero attached hydrogens (tertiary/aromatic N) is 1. The fraction of sp³-hybridized carbons (Fsp3) is 0.625. The van der Waals surface area contributed by atoms with Gasteiger partial charge >= 0.3 is 12.1 Å². The molecule has 0 fully saturated rings. The first-order valence-electron chi connectivity index (χ1n) is 10.9. The van der Waals surface area contributed by atoms with Crippen molar-refractivity contribution in [3.63, 3.8) is 0 Å². The summed E-state index contributed by atoms with van der Waals surface area (Å²) >= 11 is 0. The predicted octanol–water partition coefficient (Wildman–Crippen LogP) is 3.53. The minimum Gasteiger partial charge on any atom is -0.467 e. The van der Waals surface area contributed by atoms with E-state index in [1.165, 1.54) is 12.0 Å². The largest absolute Gasteiger partial charge is 0.467 e. The highest BCUT2D eigenvalue weighted by Crippen LogP contribution is 2.14. The SMILES string of the molecule is COC(=O)C(COCc1ccccc1)N(C)C(=O)CC[C@H](NC(=O)OC(C)(C)C)C(C)C. The van der Waals surface area contributed by atoms with E-state index >= 15 is 0 Å². The second-order valence-electron chi connectivity index (χ2n) is 9.08. The molecule has 2 amide bonds. The second-order valence-corrected chi connectivity index (χ2v) is 9.08. The van der Waals surface area contributed by atoms with Gasteiger partial charge in [0.05, 0.1) is 20.3 Å². The van der Waals surface area contributed by atoms with Crippen LogP contribution >= 0.6 is 0 Å². The molecule has 1 aromatic rings. The van der Waals surface area contributed by atoms with Crippen LogP contribution in [-0.2, 0) is 30.4 Å². The van der Waals surface area contributed by atoms with Crippen LogP contribution in [0.25, 0.3) is 0 Å². The molecular formula is C24H38N2O6. The summed E-state index contributed by atoms with van der Waals surface area (Å²) in [6.07, 6.45) is 0.0546. The van der Waals surface area contributed by atoms with Crippen LogP contribution in [0.4, 0.5) is 4.79 Å². The number of methoxy groups -OCH3 is 1. The third-order valence-electron chi connectivity index (χ3n) is 4.90. The molecule has 0 bridgehead atoms. The Labute approximate surface area is 191 Å². The molecule has 0 radical (unpaired) electrons. The average molecular weight is 451 g/mol. The lowest BCUT2D eigenvalue weighted by molar-refractivity contribution is -0.154. The van der Waals surface area contributed by atoms with Gasteiger partial charge in [-0.2, -0.15) is 0 Å². The Hall–Kier alpha value is -2.61. The Balaban J connectivity index is 2.66. The summed E-state index contributed by atoms with van der Waals surface area (Å²) in [6, 6.07) is 8.47. The summed E-state index contributed by atoms with van der Waals surface area (Å²) in [6.45, 7) is 9.65. The van der Waals surface area contributed by atoms with Gasteiger partial charge in [0.1, 0.15) is 5.60 Å². The van der Waals surface area contributed by atoms with Gasteiger partial charge in [0, 0.05) is 19.5 Å². The zero-order valence-electron chi connectivity index (χ0n) is 20.3. The van der Waals surface area contributed by atoms with Crippen molar-refractivity contribution in [2.75, 3.05) is 20.8 Å². The minimum atomic E-state index is -0.854. The maximum Gasteiger partial charge on any atom is 0.407 e. The molecule has 0 aliphatic rings. The number of benzene rings is 1. The Morgan fingerprint density at radius 2 is 1.72 bits per heavy atom. The lowest BCUT2D eigenvalue weighted by atomic mass is 9.99. The number of esters is 1.